The van der Waals surface area contributed by atoms with Crippen LogP contribution in [-0.2, 0) is 11.3 Å². The Morgan fingerprint density at radius 2 is 1.78 bits per heavy atom. The highest BCUT2D eigenvalue weighted by Gasteiger charge is 2.13. The van der Waals surface area contributed by atoms with Crippen molar-refractivity contribution in [2.45, 2.75) is 13.5 Å². The van der Waals surface area contributed by atoms with Crippen molar-refractivity contribution in [1.29, 1.82) is 0 Å². The number of aromatic nitrogens is 2. The lowest BCUT2D eigenvalue weighted by molar-refractivity contribution is 0.0342. The molecule has 5 heteroatoms. The van der Waals surface area contributed by atoms with Gasteiger partial charge >= 0.3 is 0 Å². The van der Waals surface area contributed by atoms with Crippen LogP contribution in [0.2, 0.25) is 0 Å². The first-order valence-corrected chi connectivity index (χ1v) is 9.26. The molecule has 1 fully saturated rings. The van der Waals surface area contributed by atoms with Gasteiger partial charge < -0.3 is 9.72 Å². The van der Waals surface area contributed by atoms with Gasteiger partial charge in [0.1, 0.15) is 5.82 Å². The van der Waals surface area contributed by atoms with Gasteiger partial charge in [-0.25, -0.2) is 4.98 Å². The van der Waals surface area contributed by atoms with E-state index in [0.717, 1.165) is 49.7 Å². The molecule has 1 N–H and O–H groups in total. The van der Waals surface area contributed by atoms with Crippen LogP contribution < -0.4 is 5.56 Å². The highest BCUT2D eigenvalue weighted by Crippen LogP contribution is 2.22. The molecule has 0 radical (unpaired) electrons. The summed E-state index contributed by atoms with van der Waals surface area (Å²) in [4.78, 5) is 22.7. The second kappa shape index (κ2) is 7.86. The maximum Gasteiger partial charge on any atom is 0.259 e. The summed E-state index contributed by atoms with van der Waals surface area (Å²) in [6.45, 7) is 6.24. The minimum atomic E-state index is -0.109. The molecule has 0 bridgehead atoms. The number of rotatable bonds is 4. The average molecular weight is 361 g/mol. The molecule has 0 aliphatic carbocycles. The van der Waals surface area contributed by atoms with Crippen molar-refractivity contribution in [3.63, 3.8) is 0 Å². The Kier molecular flexibility index (Phi) is 5.14. The SMILES string of the molecule is Cc1nc(-c2cccc(CN3CCOCC3)c2)[nH]c(=O)c1-c1ccccc1. The topological polar surface area (TPSA) is 58.2 Å². The van der Waals surface area contributed by atoms with Gasteiger partial charge in [-0.05, 0) is 24.1 Å². The van der Waals surface area contributed by atoms with Crippen LogP contribution in [0.1, 0.15) is 11.3 Å². The fourth-order valence-corrected chi connectivity index (χ4v) is 3.50. The van der Waals surface area contributed by atoms with Gasteiger partial charge in [0.15, 0.2) is 0 Å². The van der Waals surface area contributed by atoms with Gasteiger partial charge in [0.25, 0.3) is 5.56 Å². The van der Waals surface area contributed by atoms with Gasteiger partial charge in [-0.15, -0.1) is 0 Å². The van der Waals surface area contributed by atoms with Crippen LogP contribution in [-0.4, -0.2) is 41.2 Å². The van der Waals surface area contributed by atoms with Crippen LogP contribution in [0.15, 0.2) is 59.4 Å². The summed E-state index contributed by atoms with van der Waals surface area (Å²) in [7, 11) is 0. The van der Waals surface area contributed by atoms with Crippen LogP contribution in [0.4, 0.5) is 0 Å². The Labute approximate surface area is 158 Å². The quantitative estimate of drug-likeness (QED) is 0.775. The number of aromatic amines is 1. The van der Waals surface area contributed by atoms with Crippen molar-refractivity contribution in [2.75, 3.05) is 26.3 Å². The van der Waals surface area contributed by atoms with Gasteiger partial charge in [-0.2, -0.15) is 0 Å². The third-order valence-corrected chi connectivity index (χ3v) is 4.87. The predicted molar refractivity (Wildman–Crippen MR) is 107 cm³/mol. The molecule has 3 aromatic rings. The molecular weight excluding hydrogens is 338 g/mol. The molecule has 4 rings (SSSR count). The normalized spacial score (nSPS) is 15.0. The van der Waals surface area contributed by atoms with Crippen molar-refractivity contribution in [3.05, 3.63) is 76.2 Å². The highest BCUT2D eigenvalue weighted by molar-refractivity contribution is 5.66. The molecule has 0 amide bonds. The molecule has 0 unspecified atom stereocenters. The molecule has 138 valence electrons. The molecule has 27 heavy (non-hydrogen) atoms. The van der Waals surface area contributed by atoms with Gasteiger partial charge in [-0.1, -0.05) is 48.5 Å². The summed E-state index contributed by atoms with van der Waals surface area (Å²) in [6.07, 6.45) is 0. The van der Waals surface area contributed by atoms with E-state index >= 15 is 0 Å². The largest absolute Gasteiger partial charge is 0.379 e. The van der Waals surface area contributed by atoms with Crippen LogP contribution in [0, 0.1) is 6.92 Å². The Morgan fingerprint density at radius 1 is 1.04 bits per heavy atom. The smallest absolute Gasteiger partial charge is 0.259 e. The number of nitrogens with zero attached hydrogens (tertiary/aromatic N) is 2. The lowest BCUT2D eigenvalue weighted by Crippen LogP contribution is -2.35. The number of morpholine rings is 1. The van der Waals surface area contributed by atoms with E-state index in [2.05, 4.69) is 27.0 Å². The molecule has 1 aromatic heterocycles. The zero-order valence-electron chi connectivity index (χ0n) is 15.4. The summed E-state index contributed by atoms with van der Waals surface area (Å²) >= 11 is 0. The lowest BCUT2D eigenvalue weighted by Gasteiger charge is -2.26. The van der Waals surface area contributed by atoms with E-state index in [1.54, 1.807) is 0 Å². The van der Waals surface area contributed by atoms with E-state index in [4.69, 9.17) is 4.74 Å². The summed E-state index contributed by atoms with van der Waals surface area (Å²) in [5.74, 6) is 0.612. The van der Waals surface area contributed by atoms with Crippen LogP contribution in [0.3, 0.4) is 0 Å². The van der Waals surface area contributed by atoms with Gasteiger partial charge in [0.2, 0.25) is 0 Å². The van der Waals surface area contributed by atoms with E-state index in [0.29, 0.717) is 11.4 Å². The van der Waals surface area contributed by atoms with E-state index in [-0.39, 0.29) is 5.56 Å². The summed E-state index contributed by atoms with van der Waals surface area (Å²) in [5, 5.41) is 0. The van der Waals surface area contributed by atoms with Crippen molar-refractivity contribution < 1.29 is 4.74 Å². The molecule has 2 aromatic carbocycles. The number of hydrogen-bond donors (Lipinski definition) is 1. The molecule has 0 spiro atoms. The van der Waals surface area contributed by atoms with Crippen molar-refractivity contribution >= 4 is 0 Å². The third kappa shape index (κ3) is 3.99. The molecule has 1 saturated heterocycles. The molecule has 1 aliphatic heterocycles. The van der Waals surface area contributed by atoms with Crippen molar-refractivity contribution in [1.82, 2.24) is 14.9 Å². The Bertz CT molecular complexity index is 976. The standard InChI is InChI=1S/C22H23N3O2/c1-16-20(18-7-3-2-4-8-18)22(26)24-21(23-16)19-9-5-6-17(14-19)15-25-10-12-27-13-11-25/h2-9,14H,10-13,15H2,1H3,(H,23,24,26). The predicted octanol–water partition coefficient (Wildman–Crippen LogP) is 3.24. The number of ether oxygens (including phenoxy) is 1. The summed E-state index contributed by atoms with van der Waals surface area (Å²) < 4.78 is 5.41. The van der Waals surface area contributed by atoms with Crippen LogP contribution in [0.25, 0.3) is 22.5 Å². The van der Waals surface area contributed by atoms with Crippen LogP contribution in [0.5, 0.6) is 0 Å². The first-order valence-electron chi connectivity index (χ1n) is 9.26. The number of hydrogen-bond acceptors (Lipinski definition) is 4. The van der Waals surface area contributed by atoms with Crippen LogP contribution >= 0.6 is 0 Å². The van der Waals surface area contributed by atoms with Gasteiger partial charge in [0.05, 0.1) is 24.5 Å². The summed E-state index contributed by atoms with van der Waals surface area (Å²) in [5.41, 5.74) is 4.28. The molecule has 0 saturated carbocycles. The zero-order valence-corrected chi connectivity index (χ0v) is 15.4. The highest BCUT2D eigenvalue weighted by atomic mass is 16.5. The number of benzene rings is 2. The molecule has 0 atom stereocenters. The fraction of sp³-hybridized carbons (Fsp3) is 0.273. The van der Waals surface area contributed by atoms with E-state index < -0.39 is 0 Å². The third-order valence-electron chi connectivity index (χ3n) is 4.87. The van der Waals surface area contributed by atoms with E-state index in [1.807, 2.05) is 49.4 Å². The first-order chi connectivity index (χ1) is 13.2. The van der Waals surface area contributed by atoms with Gasteiger partial charge in [-0.3, -0.25) is 9.69 Å². The molecule has 2 heterocycles. The second-order valence-electron chi connectivity index (χ2n) is 6.83. The minimum Gasteiger partial charge on any atom is -0.379 e. The number of aryl methyl sites for hydroxylation is 1. The zero-order chi connectivity index (χ0) is 18.6. The number of H-pyrrole nitrogens is 1. The van der Waals surface area contributed by atoms with E-state index in [9.17, 15) is 4.79 Å². The average Bonchev–Trinajstić information content (AvgIpc) is 2.69. The maximum absolute atomic E-state index is 12.7. The Hall–Kier alpha value is -2.76. The Morgan fingerprint density at radius 3 is 2.52 bits per heavy atom. The molecule has 5 nitrogen and oxygen atoms in total. The van der Waals surface area contributed by atoms with Crippen molar-refractivity contribution in [3.8, 4) is 22.5 Å². The van der Waals surface area contributed by atoms with Gasteiger partial charge in [0, 0.05) is 25.2 Å². The summed E-state index contributed by atoms with van der Waals surface area (Å²) in [6, 6.07) is 17.9. The molecule has 1 aliphatic rings. The lowest BCUT2D eigenvalue weighted by atomic mass is 10.1. The Balaban J connectivity index is 1.64. The van der Waals surface area contributed by atoms with Crippen molar-refractivity contribution in [2.24, 2.45) is 0 Å². The number of nitrogens with one attached hydrogen (secondary N) is 1. The minimum absolute atomic E-state index is 0.109. The molecular formula is C22H23N3O2. The first kappa shape index (κ1) is 17.6. The second-order valence-corrected chi connectivity index (χ2v) is 6.83. The monoisotopic (exact) mass is 361 g/mol. The maximum atomic E-state index is 12.7. The van der Waals surface area contributed by atoms with E-state index in [1.165, 1.54) is 5.56 Å². The fourth-order valence-electron chi connectivity index (χ4n) is 3.50.